The van der Waals surface area contributed by atoms with Crippen LogP contribution in [-0.2, 0) is 0 Å². The molecule has 3 aromatic rings. The minimum atomic E-state index is 0.276. The van der Waals surface area contributed by atoms with Gasteiger partial charge in [0.05, 0.1) is 18.4 Å². The van der Waals surface area contributed by atoms with Gasteiger partial charge in [0.1, 0.15) is 11.6 Å². The maximum atomic E-state index is 5.78. The van der Waals surface area contributed by atoms with Gasteiger partial charge < -0.3 is 9.15 Å². The van der Waals surface area contributed by atoms with Crippen molar-refractivity contribution in [1.29, 1.82) is 0 Å². The fraction of sp³-hybridized carbons (Fsp3) is 0.294. The number of aromatic nitrogens is 4. The molecule has 0 amide bonds. The summed E-state index contributed by atoms with van der Waals surface area (Å²) in [4.78, 5) is 8.87. The van der Waals surface area contributed by atoms with Crippen molar-refractivity contribution in [2.24, 2.45) is 0 Å². The lowest BCUT2D eigenvalue weighted by atomic mass is 10.2. The summed E-state index contributed by atoms with van der Waals surface area (Å²) in [7, 11) is 1.62. The van der Waals surface area contributed by atoms with Crippen LogP contribution >= 0.6 is 0 Å². The van der Waals surface area contributed by atoms with Crippen LogP contribution in [0.25, 0.3) is 22.9 Å². The van der Waals surface area contributed by atoms with E-state index in [1.165, 1.54) is 0 Å². The summed E-state index contributed by atoms with van der Waals surface area (Å²) < 4.78 is 11.0. The fourth-order valence-electron chi connectivity index (χ4n) is 2.18. The fourth-order valence-corrected chi connectivity index (χ4v) is 2.18. The molecule has 6 nitrogen and oxygen atoms in total. The molecule has 1 aromatic carbocycles. The van der Waals surface area contributed by atoms with Gasteiger partial charge in [0.25, 0.3) is 5.89 Å². The van der Waals surface area contributed by atoms with Crippen LogP contribution in [0.4, 0.5) is 0 Å². The van der Waals surface area contributed by atoms with E-state index in [9.17, 15) is 0 Å². The maximum absolute atomic E-state index is 5.78. The Balaban J connectivity index is 1.95. The first kappa shape index (κ1) is 15.1. The highest BCUT2D eigenvalue weighted by molar-refractivity contribution is 5.60. The molecule has 2 aromatic heterocycles. The number of benzene rings is 1. The molecule has 0 unspecified atom stereocenters. The Morgan fingerprint density at radius 1 is 1.13 bits per heavy atom. The lowest BCUT2D eigenvalue weighted by Gasteiger charge is -2.06. The van der Waals surface area contributed by atoms with Crippen molar-refractivity contribution in [1.82, 2.24) is 20.2 Å². The maximum Gasteiger partial charge on any atom is 0.251 e. The van der Waals surface area contributed by atoms with Gasteiger partial charge in [-0.05, 0) is 25.1 Å². The predicted molar refractivity (Wildman–Crippen MR) is 86.1 cm³/mol. The van der Waals surface area contributed by atoms with Crippen molar-refractivity contribution in [3.8, 4) is 28.7 Å². The molecule has 118 valence electrons. The van der Waals surface area contributed by atoms with Crippen molar-refractivity contribution < 1.29 is 9.15 Å². The number of hydrogen-bond donors (Lipinski definition) is 0. The van der Waals surface area contributed by atoms with Crippen LogP contribution in [0.2, 0.25) is 0 Å². The van der Waals surface area contributed by atoms with E-state index in [0.29, 0.717) is 11.8 Å². The predicted octanol–water partition coefficient (Wildman–Crippen LogP) is 3.63. The van der Waals surface area contributed by atoms with Crippen LogP contribution in [0.3, 0.4) is 0 Å². The Morgan fingerprint density at radius 2 is 1.91 bits per heavy atom. The second-order valence-electron chi connectivity index (χ2n) is 5.53. The van der Waals surface area contributed by atoms with E-state index in [0.717, 1.165) is 28.4 Å². The van der Waals surface area contributed by atoms with Crippen LogP contribution in [0.15, 0.2) is 34.9 Å². The molecular weight excluding hydrogens is 292 g/mol. The summed E-state index contributed by atoms with van der Waals surface area (Å²) >= 11 is 0. The summed E-state index contributed by atoms with van der Waals surface area (Å²) in [6.07, 6.45) is 1.74. The molecule has 0 N–H and O–H groups in total. The van der Waals surface area contributed by atoms with E-state index in [4.69, 9.17) is 9.15 Å². The number of rotatable bonds is 4. The third-order valence-electron chi connectivity index (χ3n) is 3.49. The molecule has 0 aliphatic carbocycles. The summed E-state index contributed by atoms with van der Waals surface area (Å²) in [6, 6.07) is 7.49. The van der Waals surface area contributed by atoms with Crippen molar-refractivity contribution in [2.45, 2.75) is 26.7 Å². The van der Waals surface area contributed by atoms with Gasteiger partial charge in [-0.15, -0.1) is 10.2 Å². The first-order valence-corrected chi connectivity index (χ1v) is 7.40. The minimum absolute atomic E-state index is 0.276. The van der Waals surface area contributed by atoms with Crippen molar-refractivity contribution in [3.05, 3.63) is 42.0 Å². The lowest BCUT2D eigenvalue weighted by molar-refractivity contribution is 0.415. The van der Waals surface area contributed by atoms with Crippen LogP contribution < -0.4 is 4.74 Å². The van der Waals surface area contributed by atoms with Gasteiger partial charge in [-0.25, -0.2) is 9.97 Å². The first-order valence-electron chi connectivity index (χ1n) is 7.40. The summed E-state index contributed by atoms with van der Waals surface area (Å²) in [5, 5.41) is 8.23. The Kier molecular flexibility index (Phi) is 4.06. The van der Waals surface area contributed by atoms with Gasteiger partial charge in [-0.1, -0.05) is 19.9 Å². The first-order chi connectivity index (χ1) is 11.1. The topological polar surface area (TPSA) is 73.9 Å². The average molecular weight is 310 g/mol. The molecule has 0 saturated carbocycles. The Labute approximate surface area is 134 Å². The summed E-state index contributed by atoms with van der Waals surface area (Å²) in [6.45, 7) is 6.03. The van der Waals surface area contributed by atoms with Gasteiger partial charge in [-0.2, -0.15) is 0 Å². The van der Waals surface area contributed by atoms with Crippen LogP contribution in [0.1, 0.15) is 31.3 Å². The van der Waals surface area contributed by atoms with Crippen molar-refractivity contribution in [3.63, 3.8) is 0 Å². The number of methoxy groups -OCH3 is 1. The van der Waals surface area contributed by atoms with Crippen LogP contribution in [0, 0.1) is 6.92 Å². The second kappa shape index (κ2) is 6.16. The second-order valence-corrected chi connectivity index (χ2v) is 5.53. The number of nitrogens with zero attached hydrogens (tertiary/aromatic N) is 4. The average Bonchev–Trinajstić information content (AvgIpc) is 3.04. The molecule has 0 spiro atoms. The quantitative estimate of drug-likeness (QED) is 0.732. The highest BCUT2D eigenvalue weighted by Gasteiger charge is 2.15. The molecule has 6 heteroatoms. The zero-order valence-electron chi connectivity index (χ0n) is 13.6. The number of aryl methyl sites for hydroxylation is 1. The molecule has 0 atom stereocenters. The lowest BCUT2D eigenvalue weighted by Crippen LogP contribution is -2.00. The molecule has 0 fully saturated rings. The van der Waals surface area contributed by atoms with Gasteiger partial charge in [0, 0.05) is 17.7 Å². The van der Waals surface area contributed by atoms with Gasteiger partial charge in [-0.3, -0.25) is 0 Å². The Hall–Kier alpha value is -2.76. The smallest absolute Gasteiger partial charge is 0.251 e. The van der Waals surface area contributed by atoms with Crippen molar-refractivity contribution in [2.75, 3.05) is 7.11 Å². The largest absolute Gasteiger partial charge is 0.497 e. The molecule has 0 radical (unpaired) electrons. The third-order valence-corrected chi connectivity index (χ3v) is 3.49. The zero-order valence-corrected chi connectivity index (χ0v) is 13.6. The summed E-state index contributed by atoms with van der Waals surface area (Å²) in [5.74, 6) is 2.67. The standard InChI is InChI=1S/C17H18N4O2/c1-10(2)15-18-9-14(11(3)19-15)17-21-20-16(23-17)12-6-5-7-13(8-12)22-4/h5-10H,1-4H3. The Morgan fingerprint density at radius 3 is 2.61 bits per heavy atom. The van der Waals surface area contributed by atoms with Gasteiger partial charge >= 0.3 is 0 Å². The molecule has 0 aliphatic heterocycles. The SMILES string of the molecule is COc1cccc(-c2nnc(-c3cnc(C(C)C)nc3C)o2)c1. The monoisotopic (exact) mass is 310 g/mol. The molecule has 0 aliphatic rings. The van der Waals surface area contributed by atoms with E-state index in [-0.39, 0.29) is 5.92 Å². The highest BCUT2D eigenvalue weighted by atomic mass is 16.5. The third kappa shape index (κ3) is 3.06. The number of ether oxygens (including phenoxy) is 1. The minimum Gasteiger partial charge on any atom is -0.497 e. The zero-order chi connectivity index (χ0) is 16.4. The van der Waals surface area contributed by atoms with Crippen LogP contribution in [0.5, 0.6) is 5.75 Å². The summed E-state index contributed by atoms with van der Waals surface area (Å²) in [5.41, 5.74) is 2.38. The Bertz CT molecular complexity index is 827. The molecule has 0 saturated heterocycles. The van der Waals surface area contributed by atoms with E-state index < -0.39 is 0 Å². The molecule has 3 rings (SSSR count). The molecular formula is C17H18N4O2. The van der Waals surface area contributed by atoms with E-state index in [1.54, 1.807) is 13.3 Å². The molecule has 2 heterocycles. The molecule has 0 bridgehead atoms. The van der Waals surface area contributed by atoms with E-state index in [1.807, 2.05) is 31.2 Å². The molecule has 23 heavy (non-hydrogen) atoms. The van der Waals surface area contributed by atoms with Gasteiger partial charge in [0.2, 0.25) is 5.89 Å². The van der Waals surface area contributed by atoms with Crippen molar-refractivity contribution >= 4 is 0 Å². The van der Waals surface area contributed by atoms with Gasteiger partial charge in [0.15, 0.2) is 0 Å². The normalized spacial score (nSPS) is 11.0. The van der Waals surface area contributed by atoms with E-state index >= 15 is 0 Å². The van der Waals surface area contributed by atoms with E-state index in [2.05, 4.69) is 34.0 Å². The number of hydrogen-bond acceptors (Lipinski definition) is 6. The van der Waals surface area contributed by atoms with Crippen LogP contribution in [-0.4, -0.2) is 27.3 Å². The highest BCUT2D eigenvalue weighted by Crippen LogP contribution is 2.27.